The number of nitrogens with one attached hydrogen (secondary N) is 1. The van der Waals surface area contributed by atoms with Gasteiger partial charge in [-0.15, -0.1) is 0 Å². The molecule has 2 aliphatic carbocycles. The molecule has 3 aromatic rings. The Hall–Kier alpha value is -3.60. The second-order valence-corrected chi connectivity index (χ2v) is 11.4. The number of anilines is 1. The third kappa shape index (κ3) is 5.59. The molecule has 3 aromatic heterocycles. The van der Waals surface area contributed by atoms with Crippen LogP contribution in [0.1, 0.15) is 83.1 Å². The average Bonchev–Trinajstić information content (AvgIpc) is 3.23. The number of imidazole rings is 1. The van der Waals surface area contributed by atoms with Crippen LogP contribution in [-0.2, 0) is 12.1 Å². The molecule has 0 bridgehead atoms. The summed E-state index contributed by atoms with van der Waals surface area (Å²) in [5.41, 5.74) is 5.93. The summed E-state index contributed by atoms with van der Waals surface area (Å²) in [5, 5.41) is 24.6. The van der Waals surface area contributed by atoms with Crippen LogP contribution in [0.4, 0.5) is 10.6 Å². The van der Waals surface area contributed by atoms with Crippen molar-refractivity contribution in [3.05, 3.63) is 41.7 Å². The van der Waals surface area contributed by atoms with E-state index in [4.69, 9.17) is 15.8 Å². The highest BCUT2D eigenvalue weighted by atomic mass is 16.4. The summed E-state index contributed by atoms with van der Waals surface area (Å²) in [6.07, 6.45) is 8.20. The number of fused-ring (bicyclic) bond motifs is 1. The normalized spacial score (nSPS) is 22.7. The Kier molecular flexibility index (Phi) is 7.53. The summed E-state index contributed by atoms with van der Waals surface area (Å²) in [4.78, 5) is 33.1. The van der Waals surface area contributed by atoms with Gasteiger partial charge in [-0.2, -0.15) is 4.99 Å². The van der Waals surface area contributed by atoms with Gasteiger partial charge >= 0.3 is 6.09 Å². The lowest BCUT2D eigenvalue weighted by Gasteiger charge is -2.33. The number of carbonyl (C=O) groups is 1. The SMILES string of the molecule is CC1CCC(Cn2c(C(C)(O)c3ccccn3)nc3nc(C(N)=NC(=O)O)nc(NC(C)C4CCC4)c32)CC1. The Morgan fingerprint density at radius 1 is 1.21 bits per heavy atom. The summed E-state index contributed by atoms with van der Waals surface area (Å²) in [5.74, 6) is 2.22. The van der Waals surface area contributed by atoms with Gasteiger partial charge in [0.1, 0.15) is 11.3 Å². The first-order valence-corrected chi connectivity index (χ1v) is 13.9. The fraction of sp³-hybridized carbons (Fsp3) is 0.571. The molecule has 39 heavy (non-hydrogen) atoms. The maximum atomic E-state index is 11.9. The number of aromatic nitrogens is 5. The number of aliphatic imine (C=N–C) groups is 1. The zero-order valence-electron chi connectivity index (χ0n) is 22.8. The minimum absolute atomic E-state index is 0.0200. The van der Waals surface area contributed by atoms with Crippen LogP contribution >= 0.6 is 0 Å². The second-order valence-electron chi connectivity index (χ2n) is 11.4. The first-order chi connectivity index (χ1) is 18.6. The zero-order chi connectivity index (χ0) is 27.7. The van der Waals surface area contributed by atoms with Crippen molar-refractivity contribution in [2.75, 3.05) is 5.32 Å². The van der Waals surface area contributed by atoms with E-state index in [0.717, 1.165) is 38.5 Å². The van der Waals surface area contributed by atoms with E-state index in [-0.39, 0.29) is 17.7 Å². The van der Waals surface area contributed by atoms with Crippen LogP contribution in [0.25, 0.3) is 11.2 Å². The van der Waals surface area contributed by atoms with Gasteiger partial charge in [-0.1, -0.05) is 32.3 Å². The maximum Gasteiger partial charge on any atom is 0.433 e. The lowest BCUT2D eigenvalue weighted by molar-refractivity contribution is 0.0820. The summed E-state index contributed by atoms with van der Waals surface area (Å²) >= 11 is 0. The van der Waals surface area contributed by atoms with Crippen molar-refractivity contribution in [3.8, 4) is 0 Å². The molecule has 2 aliphatic rings. The van der Waals surface area contributed by atoms with Crippen molar-refractivity contribution in [2.24, 2.45) is 28.5 Å². The van der Waals surface area contributed by atoms with Crippen molar-refractivity contribution in [2.45, 2.75) is 83.9 Å². The predicted octanol–water partition coefficient (Wildman–Crippen LogP) is 4.29. The summed E-state index contributed by atoms with van der Waals surface area (Å²) in [7, 11) is 0. The van der Waals surface area contributed by atoms with Crippen LogP contribution in [0.3, 0.4) is 0 Å². The van der Waals surface area contributed by atoms with Crippen LogP contribution in [-0.4, -0.2) is 52.7 Å². The quantitative estimate of drug-likeness (QED) is 0.244. The first kappa shape index (κ1) is 27.0. The number of amides is 1. The lowest BCUT2D eigenvalue weighted by atomic mass is 9.80. The van der Waals surface area contributed by atoms with Gasteiger partial charge in [-0.25, -0.2) is 19.7 Å². The van der Waals surface area contributed by atoms with Gasteiger partial charge in [0.25, 0.3) is 0 Å². The van der Waals surface area contributed by atoms with E-state index in [1.165, 1.54) is 6.42 Å². The van der Waals surface area contributed by atoms with Crippen molar-refractivity contribution < 1.29 is 15.0 Å². The van der Waals surface area contributed by atoms with Gasteiger partial charge in [-0.3, -0.25) is 4.98 Å². The average molecular weight is 535 g/mol. The minimum atomic E-state index is -1.51. The largest absolute Gasteiger partial charge is 0.463 e. The summed E-state index contributed by atoms with van der Waals surface area (Å²) < 4.78 is 2.04. The summed E-state index contributed by atoms with van der Waals surface area (Å²) in [6, 6.07) is 5.54. The van der Waals surface area contributed by atoms with Crippen molar-refractivity contribution in [1.82, 2.24) is 24.5 Å². The van der Waals surface area contributed by atoms with Crippen LogP contribution in [0, 0.1) is 17.8 Å². The number of nitrogens with zero attached hydrogens (tertiary/aromatic N) is 6. The van der Waals surface area contributed by atoms with E-state index in [0.29, 0.717) is 52.8 Å². The Morgan fingerprint density at radius 2 is 1.95 bits per heavy atom. The molecule has 11 nitrogen and oxygen atoms in total. The third-order valence-electron chi connectivity index (χ3n) is 8.44. The highest BCUT2D eigenvalue weighted by Crippen LogP contribution is 2.37. The molecule has 208 valence electrons. The number of pyridine rings is 1. The highest BCUT2D eigenvalue weighted by molar-refractivity contribution is 6.01. The van der Waals surface area contributed by atoms with Crippen LogP contribution < -0.4 is 11.1 Å². The zero-order valence-corrected chi connectivity index (χ0v) is 22.8. The van der Waals surface area contributed by atoms with E-state index >= 15 is 0 Å². The maximum absolute atomic E-state index is 11.9. The number of carboxylic acid groups (broad SMARTS) is 1. The van der Waals surface area contributed by atoms with Gasteiger partial charge in [0.2, 0.25) is 0 Å². The number of hydrogen-bond acceptors (Lipinski definition) is 7. The number of nitrogens with two attached hydrogens (primary N) is 1. The Bertz CT molecular complexity index is 1360. The molecular weight excluding hydrogens is 496 g/mol. The van der Waals surface area contributed by atoms with Gasteiger partial charge in [0.15, 0.2) is 28.7 Å². The Balaban J connectivity index is 1.69. The van der Waals surface area contributed by atoms with Gasteiger partial charge in [0.05, 0.1) is 5.69 Å². The topological polar surface area (TPSA) is 164 Å². The molecule has 0 aliphatic heterocycles. The molecule has 3 heterocycles. The predicted molar refractivity (Wildman–Crippen MR) is 149 cm³/mol. The van der Waals surface area contributed by atoms with Gasteiger partial charge in [0, 0.05) is 18.8 Å². The number of amidine groups is 1. The molecule has 0 aromatic carbocycles. The molecule has 2 atom stereocenters. The molecule has 2 saturated carbocycles. The molecule has 0 spiro atoms. The minimum Gasteiger partial charge on any atom is -0.463 e. The molecule has 0 radical (unpaired) electrons. The van der Waals surface area contributed by atoms with E-state index in [1.54, 1.807) is 25.3 Å². The van der Waals surface area contributed by atoms with Crippen LogP contribution in [0.5, 0.6) is 0 Å². The Morgan fingerprint density at radius 3 is 2.56 bits per heavy atom. The van der Waals surface area contributed by atoms with E-state index in [9.17, 15) is 9.90 Å². The highest BCUT2D eigenvalue weighted by Gasteiger charge is 2.36. The molecule has 1 amide bonds. The lowest BCUT2D eigenvalue weighted by Crippen LogP contribution is -2.32. The molecule has 2 unspecified atom stereocenters. The molecule has 0 saturated heterocycles. The summed E-state index contributed by atoms with van der Waals surface area (Å²) in [6.45, 7) is 6.76. The first-order valence-electron chi connectivity index (χ1n) is 13.9. The molecule has 5 rings (SSSR count). The van der Waals surface area contributed by atoms with Crippen LogP contribution in [0.2, 0.25) is 0 Å². The van der Waals surface area contributed by atoms with E-state index in [1.807, 2.05) is 10.6 Å². The Labute approximate surface area is 228 Å². The van der Waals surface area contributed by atoms with E-state index in [2.05, 4.69) is 39.1 Å². The van der Waals surface area contributed by atoms with Gasteiger partial charge < -0.3 is 25.8 Å². The monoisotopic (exact) mass is 534 g/mol. The van der Waals surface area contributed by atoms with E-state index < -0.39 is 11.7 Å². The van der Waals surface area contributed by atoms with Crippen molar-refractivity contribution in [3.63, 3.8) is 0 Å². The molecule has 5 N–H and O–H groups in total. The van der Waals surface area contributed by atoms with Crippen molar-refractivity contribution >= 4 is 28.9 Å². The molecular formula is C28H38N8O3. The fourth-order valence-electron chi connectivity index (χ4n) is 5.76. The van der Waals surface area contributed by atoms with Crippen LogP contribution in [0.15, 0.2) is 29.4 Å². The number of rotatable bonds is 8. The standard InChI is InChI=1S/C28H38N8O3/c1-16-10-12-18(13-11-16)15-36-21-23(31-17(2)19-7-6-8-19)33-25(22(29)32-27(37)38)34-24(21)35-26(36)28(3,39)20-9-4-5-14-30-20/h4-5,9,14,16-19,39H,6-8,10-13,15H2,1-3H3,(H2,29,32)(H,37,38)(H,31,33,34). The third-order valence-corrected chi connectivity index (χ3v) is 8.44. The van der Waals surface area contributed by atoms with Crippen molar-refractivity contribution in [1.29, 1.82) is 0 Å². The number of aliphatic hydroxyl groups is 1. The molecule has 11 heteroatoms. The van der Waals surface area contributed by atoms with Gasteiger partial charge in [-0.05, 0) is 69.4 Å². The molecule has 2 fully saturated rings. The number of hydrogen-bond donors (Lipinski definition) is 4. The smallest absolute Gasteiger partial charge is 0.433 e. The second kappa shape index (κ2) is 10.9. The fourth-order valence-corrected chi connectivity index (χ4v) is 5.76.